The van der Waals surface area contributed by atoms with E-state index < -0.39 is 22.9 Å². The number of carbonyl (C=O) groups excluding carboxylic acids is 2. The molecule has 0 aliphatic carbocycles. The van der Waals surface area contributed by atoms with Crippen LogP contribution in [0.5, 0.6) is 0 Å². The van der Waals surface area contributed by atoms with Crippen molar-refractivity contribution in [3.8, 4) is 0 Å². The first kappa shape index (κ1) is 20.1. The lowest BCUT2D eigenvalue weighted by atomic mass is 10.1. The smallest absolute Gasteiger partial charge is 0.338 e. The number of fused-ring (bicyclic) bond motifs is 1. The van der Waals surface area contributed by atoms with Crippen LogP contribution in [0, 0.1) is 6.92 Å². The lowest BCUT2D eigenvalue weighted by Gasteiger charge is -2.32. The molecule has 7 nitrogen and oxygen atoms in total. The van der Waals surface area contributed by atoms with E-state index in [-0.39, 0.29) is 34.7 Å². The first-order valence-electron chi connectivity index (χ1n) is 8.95. The molecular formula is C19H16F3N5O2S. The van der Waals surface area contributed by atoms with Gasteiger partial charge in [0, 0.05) is 31.2 Å². The highest BCUT2D eigenvalue weighted by atomic mass is 32.1. The largest absolute Gasteiger partial charge is 0.425 e. The molecule has 3 aromatic heterocycles. The van der Waals surface area contributed by atoms with Crippen molar-refractivity contribution in [3.05, 3.63) is 58.6 Å². The predicted octanol–water partition coefficient (Wildman–Crippen LogP) is 4.14. The second-order valence-corrected chi connectivity index (χ2v) is 7.89. The normalized spacial score (nSPS) is 16.5. The van der Waals surface area contributed by atoms with Crippen LogP contribution in [0.1, 0.15) is 44.4 Å². The van der Waals surface area contributed by atoms with Crippen LogP contribution in [-0.2, 0) is 6.18 Å². The summed E-state index contributed by atoms with van der Waals surface area (Å²) in [5.74, 6) is -0.810. The molecule has 3 aromatic rings. The molecule has 1 atom stereocenters. The maximum absolute atomic E-state index is 13.1. The number of nitrogens with zero attached hydrogens (tertiary/aromatic N) is 4. The van der Waals surface area contributed by atoms with Gasteiger partial charge in [0.1, 0.15) is 10.6 Å². The molecule has 0 fully saturated rings. The highest BCUT2D eigenvalue weighted by molar-refractivity contribution is 7.16. The topological polar surface area (TPSA) is 80.1 Å². The number of nitrogens with one attached hydrogen (secondary N) is 1. The van der Waals surface area contributed by atoms with Crippen molar-refractivity contribution in [2.45, 2.75) is 26.1 Å². The zero-order chi connectivity index (χ0) is 21.6. The minimum absolute atomic E-state index is 0.120. The minimum atomic E-state index is -4.48. The summed E-state index contributed by atoms with van der Waals surface area (Å²) in [4.78, 5) is 34.6. The van der Waals surface area contributed by atoms with Gasteiger partial charge in [-0.05, 0) is 32.0 Å². The SMILES string of the molecule is Cc1nccnc1NC(=O)c1ccn2c1C(=O)N(c1ccc(C(F)(F)F)s1)C[C@@H]2C. The van der Waals surface area contributed by atoms with Gasteiger partial charge in [0.15, 0.2) is 5.82 Å². The van der Waals surface area contributed by atoms with E-state index in [1.54, 1.807) is 17.7 Å². The van der Waals surface area contributed by atoms with E-state index in [4.69, 9.17) is 0 Å². The average molecular weight is 435 g/mol. The maximum Gasteiger partial charge on any atom is 0.425 e. The molecule has 4 heterocycles. The molecular weight excluding hydrogens is 419 g/mol. The third-order valence-corrected chi connectivity index (χ3v) is 5.93. The highest BCUT2D eigenvalue weighted by Gasteiger charge is 2.37. The Hall–Kier alpha value is -3.21. The van der Waals surface area contributed by atoms with E-state index in [2.05, 4.69) is 15.3 Å². The summed E-state index contributed by atoms with van der Waals surface area (Å²) in [7, 11) is 0. The molecule has 30 heavy (non-hydrogen) atoms. The molecule has 0 aromatic carbocycles. The highest BCUT2D eigenvalue weighted by Crippen LogP contribution is 2.40. The monoisotopic (exact) mass is 435 g/mol. The third-order valence-electron chi connectivity index (χ3n) is 4.78. The van der Waals surface area contributed by atoms with Crippen LogP contribution in [0.25, 0.3) is 0 Å². The molecule has 156 valence electrons. The average Bonchev–Trinajstić information content (AvgIpc) is 3.34. The Morgan fingerprint density at radius 1 is 1.23 bits per heavy atom. The molecule has 0 saturated heterocycles. The Balaban J connectivity index is 1.67. The number of hydrogen-bond donors (Lipinski definition) is 1. The number of alkyl halides is 3. The molecule has 1 N–H and O–H groups in total. The van der Waals surface area contributed by atoms with Crippen molar-refractivity contribution in [2.24, 2.45) is 0 Å². The molecule has 2 amide bonds. The lowest BCUT2D eigenvalue weighted by molar-refractivity contribution is -0.134. The van der Waals surface area contributed by atoms with Crippen LogP contribution in [-0.4, -0.2) is 32.9 Å². The van der Waals surface area contributed by atoms with Crippen LogP contribution >= 0.6 is 11.3 Å². The molecule has 0 unspecified atom stereocenters. The summed E-state index contributed by atoms with van der Waals surface area (Å²) >= 11 is 0.500. The number of amides is 2. The Morgan fingerprint density at radius 2 is 1.97 bits per heavy atom. The summed E-state index contributed by atoms with van der Waals surface area (Å²) < 4.78 is 40.6. The molecule has 0 radical (unpaired) electrons. The fourth-order valence-electron chi connectivity index (χ4n) is 3.31. The zero-order valence-electron chi connectivity index (χ0n) is 15.9. The minimum Gasteiger partial charge on any atom is -0.338 e. The lowest BCUT2D eigenvalue weighted by Crippen LogP contribution is -2.42. The van der Waals surface area contributed by atoms with E-state index in [0.717, 1.165) is 6.07 Å². The standard InChI is InChI=1S/C19H16F3N5O2S/c1-10-9-27(14-4-3-13(30-14)19(20,21)22)18(29)15-12(5-8-26(10)15)17(28)25-16-11(2)23-6-7-24-16/h3-8,10H,9H2,1-2H3,(H,24,25,28)/t10-/m0/s1. The second kappa shape index (κ2) is 7.24. The predicted molar refractivity (Wildman–Crippen MR) is 105 cm³/mol. The molecule has 1 aliphatic rings. The Labute approximate surface area is 173 Å². The zero-order valence-corrected chi connectivity index (χ0v) is 16.7. The molecule has 0 saturated carbocycles. The molecule has 0 bridgehead atoms. The van der Waals surface area contributed by atoms with Gasteiger partial charge in [-0.15, -0.1) is 11.3 Å². The number of halogens is 3. The summed E-state index contributed by atoms with van der Waals surface area (Å²) in [6, 6.07) is 3.52. The first-order valence-corrected chi connectivity index (χ1v) is 9.77. The van der Waals surface area contributed by atoms with Crippen molar-refractivity contribution >= 4 is 34.0 Å². The number of aromatic nitrogens is 3. The first-order chi connectivity index (χ1) is 14.2. The quantitative estimate of drug-likeness (QED) is 0.671. The van der Waals surface area contributed by atoms with Crippen LogP contribution in [0.15, 0.2) is 36.8 Å². The van der Waals surface area contributed by atoms with Crippen LogP contribution in [0.4, 0.5) is 24.0 Å². The van der Waals surface area contributed by atoms with Crippen LogP contribution < -0.4 is 10.2 Å². The fraction of sp³-hybridized carbons (Fsp3) is 0.263. The molecule has 11 heteroatoms. The molecule has 4 rings (SSSR count). The molecule has 1 aliphatic heterocycles. The third kappa shape index (κ3) is 3.45. The van der Waals surface area contributed by atoms with Gasteiger partial charge in [0.25, 0.3) is 11.8 Å². The van der Waals surface area contributed by atoms with E-state index in [1.165, 1.54) is 29.4 Å². The van der Waals surface area contributed by atoms with Gasteiger partial charge >= 0.3 is 6.18 Å². The van der Waals surface area contributed by atoms with E-state index in [0.29, 0.717) is 17.0 Å². The second-order valence-electron chi connectivity index (χ2n) is 6.83. The number of hydrogen-bond acceptors (Lipinski definition) is 5. The van der Waals surface area contributed by atoms with Crippen molar-refractivity contribution in [2.75, 3.05) is 16.8 Å². The summed E-state index contributed by atoms with van der Waals surface area (Å²) in [6.07, 6.45) is 0.0722. The Bertz CT molecular complexity index is 1140. The number of carbonyl (C=O) groups is 2. The summed E-state index contributed by atoms with van der Waals surface area (Å²) in [5.41, 5.74) is 0.752. The van der Waals surface area contributed by atoms with Gasteiger partial charge in [-0.3, -0.25) is 19.5 Å². The molecule has 0 spiro atoms. The van der Waals surface area contributed by atoms with Crippen molar-refractivity contribution in [3.63, 3.8) is 0 Å². The number of aryl methyl sites for hydroxylation is 1. The maximum atomic E-state index is 13.1. The summed E-state index contributed by atoms with van der Waals surface area (Å²) in [6.45, 7) is 3.71. The van der Waals surface area contributed by atoms with Crippen molar-refractivity contribution in [1.29, 1.82) is 0 Å². The van der Waals surface area contributed by atoms with Gasteiger partial charge in [-0.2, -0.15) is 13.2 Å². The van der Waals surface area contributed by atoms with Crippen LogP contribution in [0.3, 0.4) is 0 Å². The van der Waals surface area contributed by atoms with E-state index >= 15 is 0 Å². The van der Waals surface area contributed by atoms with Crippen molar-refractivity contribution < 1.29 is 22.8 Å². The van der Waals surface area contributed by atoms with E-state index in [1.807, 2.05) is 6.92 Å². The van der Waals surface area contributed by atoms with Gasteiger partial charge in [-0.1, -0.05) is 0 Å². The van der Waals surface area contributed by atoms with Crippen molar-refractivity contribution in [1.82, 2.24) is 14.5 Å². The van der Waals surface area contributed by atoms with Gasteiger partial charge in [0.2, 0.25) is 0 Å². The van der Waals surface area contributed by atoms with Crippen LogP contribution in [0.2, 0.25) is 0 Å². The fourth-order valence-corrected chi connectivity index (χ4v) is 4.19. The number of anilines is 2. The van der Waals surface area contributed by atoms with Gasteiger partial charge < -0.3 is 9.88 Å². The Kier molecular flexibility index (Phi) is 4.85. The number of thiophene rings is 1. The van der Waals surface area contributed by atoms with Gasteiger partial charge in [-0.25, -0.2) is 4.98 Å². The number of rotatable bonds is 3. The summed E-state index contributed by atoms with van der Waals surface area (Å²) in [5, 5.41) is 2.82. The van der Waals surface area contributed by atoms with Gasteiger partial charge in [0.05, 0.1) is 16.3 Å². The van der Waals surface area contributed by atoms with E-state index in [9.17, 15) is 22.8 Å². The Morgan fingerprint density at radius 3 is 2.63 bits per heavy atom.